The molecule has 0 radical (unpaired) electrons. The van der Waals surface area contributed by atoms with Gasteiger partial charge in [-0.05, 0) is 38.5 Å². The summed E-state index contributed by atoms with van der Waals surface area (Å²) in [5.74, 6) is -8.03. The number of nitrogen functional groups attached to an aromatic ring is 1. The van der Waals surface area contributed by atoms with E-state index in [1.807, 2.05) is 26.8 Å². The van der Waals surface area contributed by atoms with Crippen LogP contribution in [0.25, 0.3) is 0 Å². The first-order valence-corrected chi connectivity index (χ1v) is 13.3. The van der Waals surface area contributed by atoms with Gasteiger partial charge in [0.05, 0.1) is 28.9 Å². The van der Waals surface area contributed by atoms with Gasteiger partial charge in [-0.3, -0.25) is 9.59 Å². The number of nitrogens with two attached hydrogens (primary N) is 1. The molecule has 12 nitrogen and oxygen atoms in total. The lowest BCUT2D eigenvalue weighted by Gasteiger charge is -2.34. The number of nitrogens with one attached hydrogen (secondary N) is 1. The molecule has 0 aliphatic heterocycles. The summed E-state index contributed by atoms with van der Waals surface area (Å²) in [5, 5.41) is 61.9. The van der Waals surface area contributed by atoms with Crippen molar-refractivity contribution in [2.45, 2.75) is 43.6 Å². The maximum atomic E-state index is 12.6. The summed E-state index contributed by atoms with van der Waals surface area (Å²) in [6.07, 6.45) is 0. The van der Waals surface area contributed by atoms with Gasteiger partial charge in [0.1, 0.15) is 6.07 Å². The van der Waals surface area contributed by atoms with Gasteiger partial charge in [-0.25, -0.2) is 9.59 Å². The van der Waals surface area contributed by atoms with Gasteiger partial charge in [0, 0.05) is 16.7 Å². The van der Waals surface area contributed by atoms with Gasteiger partial charge in [-0.15, -0.1) is 0 Å². The van der Waals surface area contributed by atoms with Crippen LogP contribution in [0.1, 0.15) is 58.7 Å². The zero-order valence-corrected chi connectivity index (χ0v) is 24.7. The standard InChI is InChI=1S/C18H14O8.C13H18ClN3O/c19-13(11-7-3-1-4-8-11)17(25,15(21)22)18(26,16(23)24)14(20)12-9-5-2-6-10-12;1-13(2,3)17-11(7-18)8-4-9(6-15)12(16)10(14)5-8/h1-10,25-26H,(H,21,22)(H,23,24);4-5,11,17-18H,7,16H2,1-3H3/t17-,18-;/m0./s1. The maximum absolute atomic E-state index is 12.6. The van der Waals surface area contributed by atoms with Crippen LogP contribution in [0.4, 0.5) is 5.69 Å². The number of hydrogen-bond acceptors (Lipinski definition) is 10. The molecule has 0 bridgehead atoms. The minimum atomic E-state index is -3.95. The number of ketones is 2. The third-order valence-corrected chi connectivity index (χ3v) is 6.65. The van der Waals surface area contributed by atoms with E-state index in [1.54, 1.807) is 12.1 Å². The number of carboxylic acid groups (broad SMARTS) is 2. The average molecular weight is 626 g/mol. The van der Waals surface area contributed by atoms with Crippen molar-refractivity contribution >= 4 is 40.8 Å². The summed E-state index contributed by atoms with van der Waals surface area (Å²) in [7, 11) is 0. The average Bonchev–Trinajstić information content (AvgIpc) is 3.00. The van der Waals surface area contributed by atoms with E-state index in [-0.39, 0.29) is 23.9 Å². The second-order valence-corrected chi connectivity index (χ2v) is 11.0. The highest BCUT2D eigenvalue weighted by molar-refractivity contribution is 6.33. The fraction of sp³-hybridized carbons (Fsp3) is 0.258. The lowest BCUT2D eigenvalue weighted by Crippen LogP contribution is -2.71. The fourth-order valence-corrected chi connectivity index (χ4v) is 4.35. The Morgan fingerprint density at radius 3 is 1.59 bits per heavy atom. The topological polar surface area (TPSA) is 231 Å². The fourth-order valence-electron chi connectivity index (χ4n) is 4.12. The molecular weight excluding hydrogens is 594 g/mol. The van der Waals surface area contributed by atoms with Gasteiger partial charge in [0.15, 0.2) is 0 Å². The highest BCUT2D eigenvalue weighted by Crippen LogP contribution is 2.32. The number of nitriles is 1. The van der Waals surface area contributed by atoms with Crippen molar-refractivity contribution in [3.8, 4) is 6.07 Å². The largest absolute Gasteiger partial charge is 0.479 e. The van der Waals surface area contributed by atoms with E-state index < -0.39 is 45.8 Å². The van der Waals surface area contributed by atoms with Crippen LogP contribution in [-0.4, -0.2) is 72.4 Å². The number of halogens is 1. The van der Waals surface area contributed by atoms with Crippen molar-refractivity contribution < 1.29 is 44.7 Å². The second kappa shape index (κ2) is 14.2. The summed E-state index contributed by atoms with van der Waals surface area (Å²) < 4.78 is 0. The summed E-state index contributed by atoms with van der Waals surface area (Å²) in [5.41, 5.74) is -1.80. The zero-order chi connectivity index (χ0) is 33.5. The van der Waals surface area contributed by atoms with Gasteiger partial charge in [0.25, 0.3) is 11.2 Å². The number of nitrogens with zero attached hydrogens (tertiary/aromatic N) is 1. The van der Waals surface area contributed by atoms with E-state index in [9.17, 15) is 44.7 Å². The Morgan fingerprint density at radius 2 is 1.27 bits per heavy atom. The first-order chi connectivity index (χ1) is 20.4. The number of benzene rings is 3. The van der Waals surface area contributed by atoms with Crippen LogP contribution < -0.4 is 11.1 Å². The summed E-state index contributed by atoms with van der Waals surface area (Å²) in [6, 6.07) is 17.9. The molecule has 0 aliphatic carbocycles. The molecule has 44 heavy (non-hydrogen) atoms. The van der Waals surface area contributed by atoms with Crippen molar-refractivity contribution in [2.24, 2.45) is 0 Å². The van der Waals surface area contributed by atoms with E-state index in [0.29, 0.717) is 10.6 Å². The Kier molecular flexibility index (Phi) is 11.5. The maximum Gasteiger partial charge on any atom is 0.348 e. The second-order valence-electron chi connectivity index (χ2n) is 10.6. The summed E-state index contributed by atoms with van der Waals surface area (Å²) in [4.78, 5) is 48.5. The van der Waals surface area contributed by atoms with Gasteiger partial charge in [0.2, 0.25) is 11.6 Å². The first-order valence-electron chi connectivity index (χ1n) is 12.9. The number of aliphatic carboxylic acids is 2. The Hall–Kier alpha value is -4.64. The minimum Gasteiger partial charge on any atom is -0.479 e. The van der Waals surface area contributed by atoms with Crippen molar-refractivity contribution in [2.75, 3.05) is 12.3 Å². The molecule has 0 aliphatic rings. The predicted octanol–water partition coefficient (Wildman–Crippen LogP) is 2.60. The van der Waals surface area contributed by atoms with Crippen LogP contribution in [0.2, 0.25) is 5.02 Å². The van der Waals surface area contributed by atoms with Crippen LogP contribution >= 0.6 is 11.6 Å². The van der Waals surface area contributed by atoms with Crippen molar-refractivity contribution in [1.29, 1.82) is 5.26 Å². The smallest absolute Gasteiger partial charge is 0.348 e. The van der Waals surface area contributed by atoms with E-state index >= 15 is 0 Å². The van der Waals surface area contributed by atoms with E-state index in [0.717, 1.165) is 29.8 Å². The Labute approximate surface area is 257 Å². The van der Waals surface area contributed by atoms with E-state index in [2.05, 4.69) is 5.32 Å². The summed E-state index contributed by atoms with van der Waals surface area (Å²) >= 11 is 5.98. The molecule has 232 valence electrons. The van der Waals surface area contributed by atoms with E-state index in [4.69, 9.17) is 22.6 Å². The molecular formula is C31H32ClN3O9. The lowest BCUT2D eigenvalue weighted by atomic mass is 9.73. The highest BCUT2D eigenvalue weighted by atomic mass is 35.5. The zero-order valence-electron chi connectivity index (χ0n) is 24.0. The van der Waals surface area contributed by atoms with Gasteiger partial charge < -0.3 is 36.6 Å². The number of carbonyl (C=O) groups is 4. The van der Waals surface area contributed by atoms with E-state index in [1.165, 1.54) is 36.4 Å². The molecule has 13 heteroatoms. The highest BCUT2D eigenvalue weighted by Gasteiger charge is 2.69. The van der Waals surface area contributed by atoms with Crippen LogP contribution in [-0.2, 0) is 9.59 Å². The number of anilines is 1. The molecule has 0 saturated carbocycles. The van der Waals surface area contributed by atoms with Gasteiger partial charge in [-0.2, -0.15) is 5.26 Å². The SMILES string of the molecule is CC(C)(C)NC(CO)c1cc(Cl)c(N)c(C#N)c1.O=C(O)[C@@](O)(C(=O)c1ccccc1)[C@@](O)(C(=O)O)C(=O)c1ccccc1. The third-order valence-electron chi connectivity index (χ3n) is 6.34. The molecule has 0 spiro atoms. The predicted molar refractivity (Wildman–Crippen MR) is 160 cm³/mol. The third kappa shape index (κ3) is 7.46. The molecule has 3 aromatic carbocycles. The monoisotopic (exact) mass is 625 g/mol. The number of Topliss-reactive ketones (excluding diaryl/α,β-unsaturated/α-hetero) is 2. The number of rotatable bonds is 10. The molecule has 0 amide bonds. The molecule has 3 rings (SSSR count). The Balaban J connectivity index is 0.000000329. The number of hydrogen-bond donors (Lipinski definition) is 7. The Bertz CT molecular complexity index is 1500. The molecule has 8 N–H and O–H groups in total. The van der Waals surface area contributed by atoms with Gasteiger partial charge >= 0.3 is 11.9 Å². The Morgan fingerprint density at radius 1 is 0.864 bits per heavy atom. The normalized spacial score (nSPS) is 14.4. The number of carboxylic acids is 2. The molecule has 1 unspecified atom stereocenters. The molecule has 3 atom stereocenters. The lowest BCUT2D eigenvalue weighted by molar-refractivity contribution is -0.187. The minimum absolute atomic E-state index is 0.0810. The van der Waals surface area contributed by atoms with Crippen LogP contribution in [0.5, 0.6) is 0 Å². The van der Waals surface area contributed by atoms with Crippen LogP contribution in [0.3, 0.4) is 0 Å². The number of aliphatic hydroxyl groups is 3. The van der Waals surface area contributed by atoms with Crippen molar-refractivity contribution in [3.05, 3.63) is 100 Å². The van der Waals surface area contributed by atoms with Crippen molar-refractivity contribution in [3.63, 3.8) is 0 Å². The van der Waals surface area contributed by atoms with Crippen LogP contribution in [0, 0.1) is 11.3 Å². The number of carbonyl (C=O) groups excluding carboxylic acids is 2. The number of aliphatic hydroxyl groups excluding tert-OH is 1. The quantitative estimate of drug-likeness (QED) is 0.0979. The van der Waals surface area contributed by atoms with Crippen molar-refractivity contribution in [1.82, 2.24) is 5.32 Å². The van der Waals surface area contributed by atoms with Gasteiger partial charge in [-0.1, -0.05) is 72.3 Å². The molecule has 0 fully saturated rings. The first kappa shape index (κ1) is 35.6. The molecule has 0 heterocycles. The molecule has 0 aromatic heterocycles. The molecule has 3 aromatic rings. The molecule has 0 saturated heterocycles. The van der Waals surface area contributed by atoms with Crippen LogP contribution in [0.15, 0.2) is 72.8 Å². The summed E-state index contributed by atoms with van der Waals surface area (Å²) in [6.45, 7) is 5.92.